The van der Waals surface area contributed by atoms with Crippen LogP contribution in [0.3, 0.4) is 0 Å². The van der Waals surface area contributed by atoms with Gasteiger partial charge < -0.3 is 16.0 Å². The van der Waals surface area contributed by atoms with Crippen molar-refractivity contribution < 1.29 is 9.59 Å². The second-order valence-corrected chi connectivity index (χ2v) is 5.00. The highest BCUT2D eigenvalue weighted by molar-refractivity contribution is 5.85. The Bertz CT molecular complexity index is 294. The van der Waals surface area contributed by atoms with Gasteiger partial charge in [-0.2, -0.15) is 0 Å². The van der Waals surface area contributed by atoms with E-state index in [1.807, 2.05) is 11.9 Å². The molecule has 5 nitrogen and oxygen atoms in total. The van der Waals surface area contributed by atoms with E-state index in [2.05, 4.69) is 12.2 Å². The van der Waals surface area contributed by atoms with E-state index < -0.39 is 0 Å². The molecular weight excluding hydrogens is 230 g/mol. The van der Waals surface area contributed by atoms with Crippen LogP contribution in [0.5, 0.6) is 0 Å². The van der Waals surface area contributed by atoms with Crippen molar-refractivity contribution in [2.24, 2.45) is 11.7 Å². The van der Waals surface area contributed by atoms with Gasteiger partial charge in [-0.3, -0.25) is 9.59 Å². The zero-order valence-electron chi connectivity index (χ0n) is 11.4. The lowest BCUT2D eigenvalue weighted by molar-refractivity contribution is -0.143. The predicted octanol–water partition coefficient (Wildman–Crippen LogP) is 0.489. The van der Waals surface area contributed by atoms with Crippen molar-refractivity contribution in [2.45, 2.75) is 45.1 Å². The average Bonchev–Trinajstić information content (AvgIpc) is 2.33. The molecule has 1 saturated heterocycles. The first kappa shape index (κ1) is 15.0. The van der Waals surface area contributed by atoms with Crippen molar-refractivity contribution in [3.05, 3.63) is 0 Å². The maximum atomic E-state index is 12.3. The summed E-state index contributed by atoms with van der Waals surface area (Å²) in [6.45, 7) is 3.82. The fraction of sp³-hybridized carbons (Fsp3) is 0.846. The van der Waals surface area contributed by atoms with Crippen LogP contribution >= 0.6 is 0 Å². The van der Waals surface area contributed by atoms with E-state index >= 15 is 0 Å². The lowest BCUT2D eigenvalue weighted by Crippen LogP contribution is -2.48. The second kappa shape index (κ2) is 7.36. The summed E-state index contributed by atoms with van der Waals surface area (Å²) < 4.78 is 0. The van der Waals surface area contributed by atoms with E-state index in [1.54, 1.807) is 0 Å². The van der Waals surface area contributed by atoms with Gasteiger partial charge in [0, 0.05) is 24.9 Å². The normalized spacial score (nSPS) is 22.0. The molecule has 2 amide bonds. The molecule has 0 aromatic heterocycles. The van der Waals surface area contributed by atoms with Crippen LogP contribution in [-0.4, -0.2) is 42.9 Å². The molecule has 2 unspecified atom stereocenters. The molecule has 1 fully saturated rings. The Balaban J connectivity index is 2.63. The summed E-state index contributed by atoms with van der Waals surface area (Å²) in [6.07, 6.45) is 3.87. The maximum Gasteiger partial charge on any atom is 0.226 e. The number of rotatable bonds is 7. The summed E-state index contributed by atoms with van der Waals surface area (Å²) in [5.41, 5.74) is 5.20. The van der Waals surface area contributed by atoms with Crippen LogP contribution in [0, 0.1) is 5.92 Å². The molecule has 0 aliphatic carbocycles. The second-order valence-electron chi connectivity index (χ2n) is 5.00. The van der Waals surface area contributed by atoms with Crippen molar-refractivity contribution in [1.29, 1.82) is 0 Å². The lowest BCUT2D eigenvalue weighted by Gasteiger charge is -2.37. The van der Waals surface area contributed by atoms with Crippen LogP contribution in [0.1, 0.15) is 39.0 Å². The Kier molecular flexibility index (Phi) is 6.12. The molecule has 5 heteroatoms. The first-order valence-electron chi connectivity index (χ1n) is 6.83. The number of hydrogen-bond donors (Lipinski definition) is 2. The molecule has 2 atom stereocenters. The van der Waals surface area contributed by atoms with E-state index in [-0.39, 0.29) is 30.2 Å². The van der Waals surface area contributed by atoms with E-state index in [1.165, 1.54) is 0 Å². The zero-order valence-corrected chi connectivity index (χ0v) is 11.4. The quantitative estimate of drug-likeness (QED) is 0.695. The Hall–Kier alpha value is -1.10. The number of nitrogens with one attached hydrogen (secondary N) is 1. The highest BCUT2D eigenvalue weighted by atomic mass is 16.2. The molecule has 3 N–H and O–H groups in total. The van der Waals surface area contributed by atoms with Crippen molar-refractivity contribution in [3.8, 4) is 0 Å². The summed E-state index contributed by atoms with van der Waals surface area (Å²) in [6, 6.07) is 0.278. The van der Waals surface area contributed by atoms with Gasteiger partial charge in [-0.25, -0.2) is 0 Å². The predicted molar refractivity (Wildman–Crippen MR) is 70.9 cm³/mol. The van der Waals surface area contributed by atoms with Crippen molar-refractivity contribution in [3.63, 3.8) is 0 Å². The van der Waals surface area contributed by atoms with Gasteiger partial charge in [0.15, 0.2) is 0 Å². The smallest absolute Gasteiger partial charge is 0.226 e. The maximum absolute atomic E-state index is 12.3. The van der Waals surface area contributed by atoms with Crippen LogP contribution in [0.2, 0.25) is 0 Å². The summed E-state index contributed by atoms with van der Waals surface area (Å²) in [4.78, 5) is 25.2. The standard InChI is InChI=1S/C13H25N3O2/c1-3-11(6-7-15-2)16-8-4-5-10(13(16)18)9-12(14)17/h10-11,15H,3-9H2,1-2H3,(H2,14,17). The molecule has 0 bridgehead atoms. The number of carbonyl (C=O) groups excluding carboxylic acids is 2. The number of carbonyl (C=O) groups is 2. The van der Waals surface area contributed by atoms with Gasteiger partial charge in [0.25, 0.3) is 0 Å². The van der Waals surface area contributed by atoms with Gasteiger partial charge in [-0.15, -0.1) is 0 Å². The Morgan fingerprint density at radius 2 is 2.33 bits per heavy atom. The number of hydrogen-bond acceptors (Lipinski definition) is 3. The minimum atomic E-state index is -0.376. The monoisotopic (exact) mass is 255 g/mol. The molecule has 0 radical (unpaired) electrons. The van der Waals surface area contributed by atoms with E-state index in [0.717, 1.165) is 38.8 Å². The molecule has 0 saturated carbocycles. The molecule has 1 aliphatic heterocycles. The van der Waals surface area contributed by atoms with Crippen LogP contribution in [0.15, 0.2) is 0 Å². The van der Waals surface area contributed by atoms with Gasteiger partial charge >= 0.3 is 0 Å². The lowest BCUT2D eigenvalue weighted by atomic mass is 9.91. The van der Waals surface area contributed by atoms with Crippen LogP contribution < -0.4 is 11.1 Å². The van der Waals surface area contributed by atoms with Crippen molar-refractivity contribution in [2.75, 3.05) is 20.1 Å². The van der Waals surface area contributed by atoms with Gasteiger partial charge in [0.1, 0.15) is 0 Å². The van der Waals surface area contributed by atoms with Crippen LogP contribution in [-0.2, 0) is 9.59 Å². The highest BCUT2D eigenvalue weighted by Crippen LogP contribution is 2.24. The number of nitrogens with zero attached hydrogens (tertiary/aromatic N) is 1. The third-order valence-corrected chi connectivity index (χ3v) is 3.67. The number of nitrogens with two attached hydrogens (primary N) is 1. The first-order chi connectivity index (χ1) is 8.60. The van der Waals surface area contributed by atoms with E-state index in [0.29, 0.717) is 0 Å². The largest absolute Gasteiger partial charge is 0.370 e. The molecule has 1 rings (SSSR count). The number of likely N-dealkylation sites (tertiary alicyclic amines) is 1. The van der Waals surface area contributed by atoms with Gasteiger partial charge in [0.05, 0.1) is 0 Å². The van der Waals surface area contributed by atoms with E-state index in [9.17, 15) is 9.59 Å². The Morgan fingerprint density at radius 1 is 1.61 bits per heavy atom. The SMILES string of the molecule is CCC(CCNC)N1CCCC(CC(N)=O)C1=O. The molecule has 0 aromatic rings. The summed E-state index contributed by atoms with van der Waals surface area (Å²) >= 11 is 0. The minimum Gasteiger partial charge on any atom is -0.370 e. The summed E-state index contributed by atoms with van der Waals surface area (Å²) in [5, 5.41) is 3.12. The fourth-order valence-electron chi connectivity index (χ4n) is 2.66. The number of piperidine rings is 1. The molecular formula is C13H25N3O2. The topological polar surface area (TPSA) is 75.4 Å². The molecule has 18 heavy (non-hydrogen) atoms. The van der Waals surface area contributed by atoms with Crippen LogP contribution in [0.25, 0.3) is 0 Å². The highest BCUT2D eigenvalue weighted by Gasteiger charge is 2.32. The number of amides is 2. The minimum absolute atomic E-state index is 0.114. The third kappa shape index (κ3) is 3.98. The summed E-state index contributed by atoms with van der Waals surface area (Å²) in [5.74, 6) is -0.457. The Labute approximate surface area is 109 Å². The van der Waals surface area contributed by atoms with Crippen molar-refractivity contribution >= 4 is 11.8 Å². The fourth-order valence-corrected chi connectivity index (χ4v) is 2.66. The summed E-state index contributed by atoms with van der Waals surface area (Å²) in [7, 11) is 1.92. The third-order valence-electron chi connectivity index (χ3n) is 3.67. The van der Waals surface area contributed by atoms with Gasteiger partial charge in [-0.1, -0.05) is 6.92 Å². The zero-order chi connectivity index (χ0) is 13.5. The first-order valence-corrected chi connectivity index (χ1v) is 6.83. The van der Waals surface area contributed by atoms with Gasteiger partial charge in [0.2, 0.25) is 11.8 Å². The molecule has 1 aliphatic rings. The van der Waals surface area contributed by atoms with Crippen molar-refractivity contribution in [1.82, 2.24) is 10.2 Å². The molecule has 1 heterocycles. The molecule has 0 aromatic carbocycles. The number of primary amides is 1. The molecule has 104 valence electrons. The van der Waals surface area contributed by atoms with Crippen LogP contribution in [0.4, 0.5) is 0 Å². The molecule has 0 spiro atoms. The van der Waals surface area contributed by atoms with Gasteiger partial charge in [-0.05, 0) is 39.3 Å². The Morgan fingerprint density at radius 3 is 2.89 bits per heavy atom. The average molecular weight is 255 g/mol. The van der Waals surface area contributed by atoms with E-state index in [4.69, 9.17) is 5.73 Å².